The summed E-state index contributed by atoms with van der Waals surface area (Å²) in [5, 5.41) is 0. The van der Waals surface area contributed by atoms with Gasteiger partial charge in [0, 0.05) is 13.2 Å². The third-order valence-electron chi connectivity index (χ3n) is 1.28. The number of nitrogens with two attached hydrogens (primary N) is 1. The summed E-state index contributed by atoms with van der Waals surface area (Å²) in [7, 11) is 0. The molecule has 0 saturated carbocycles. The van der Waals surface area contributed by atoms with Gasteiger partial charge in [-0.05, 0) is 19.4 Å². The molecule has 0 spiro atoms. The van der Waals surface area contributed by atoms with Crippen LogP contribution in [0, 0.1) is 0 Å². The van der Waals surface area contributed by atoms with Gasteiger partial charge in [0.2, 0.25) is 0 Å². The second-order valence-corrected chi connectivity index (χ2v) is 2.73. The minimum Gasteiger partial charge on any atom is -0.381 e. The Labute approximate surface area is 77.5 Å². The van der Waals surface area contributed by atoms with E-state index in [1.54, 1.807) is 0 Å². The molecule has 0 radical (unpaired) electrons. The molecule has 76 valence electrons. The van der Waals surface area contributed by atoms with Gasteiger partial charge in [0.1, 0.15) is 0 Å². The lowest BCUT2D eigenvalue weighted by molar-refractivity contribution is 0.128. The van der Waals surface area contributed by atoms with E-state index in [-0.39, 0.29) is 0 Å². The lowest BCUT2D eigenvalue weighted by atomic mass is 10.3. The Morgan fingerprint density at radius 1 is 0.917 bits per heavy atom. The zero-order valence-electron chi connectivity index (χ0n) is 8.94. The van der Waals surface area contributed by atoms with Gasteiger partial charge in [-0.25, -0.2) is 0 Å². The summed E-state index contributed by atoms with van der Waals surface area (Å²) in [6.45, 7) is 8.93. The molecule has 0 amide bonds. The van der Waals surface area contributed by atoms with Crippen molar-refractivity contribution in [3.05, 3.63) is 0 Å². The minimum atomic E-state index is 0.750. The minimum absolute atomic E-state index is 0.750. The molecule has 0 fully saturated rings. The van der Waals surface area contributed by atoms with Crippen molar-refractivity contribution < 1.29 is 4.74 Å². The molecule has 0 aliphatic heterocycles. The molecule has 2 nitrogen and oxygen atoms in total. The van der Waals surface area contributed by atoms with Gasteiger partial charge in [-0.15, -0.1) is 0 Å². The zero-order chi connectivity index (χ0) is 9.66. The van der Waals surface area contributed by atoms with Crippen LogP contribution in [0.4, 0.5) is 0 Å². The molecule has 0 aromatic heterocycles. The summed E-state index contributed by atoms with van der Waals surface area (Å²) in [5.41, 5.74) is 4.85. The van der Waals surface area contributed by atoms with Gasteiger partial charge in [0.15, 0.2) is 0 Å². The average Bonchev–Trinajstić information content (AvgIpc) is 2.06. The molecule has 0 aromatic rings. The highest BCUT2D eigenvalue weighted by Gasteiger charge is 1.84. The van der Waals surface area contributed by atoms with Crippen LogP contribution < -0.4 is 5.73 Å². The maximum Gasteiger partial charge on any atom is 0.0465 e. The van der Waals surface area contributed by atoms with Crippen molar-refractivity contribution in [1.82, 2.24) is 0 Å². The third-order valence-corrected chi connectivity index (χ3v) is 1.28. The Bertz CT molecular complexity index is 51.8. The zero-order valence-corrected chi connectivity index (χ0v) is 8.94. The van der Waals surface area contributed by atoms with Gasteiger partial charge in [-0.1, -0.05) is 33.6 Å². The average molecular weight is 175 g/mol. The number of hydrogen-bond donors (Lipinski definition) is 1. The summed E-state index contributed by atoms with van der Waals surface area (Å²) >= 11 is 0. The Kier molecular flexibility index (Phi) is 20.6. The number of rotatable bonds is 6. The smallest absolute Gasteiger partial charge is 0.0465 e. The van der Waals surface area contributed by atoms with Crippen LogP contribution >= 0.6 is 0 Å². The van der Waals surface area contributed by atoms with Crippen molar-refractivity contribution in [2.75, 3.05) is 19.8 Å². The van der Waals surface area contributed by atoms with E-state index in [4.69, 9.17) is 10.5 Å². The molecule has 2 heteroatoms. The molecular formula is C10H25NO. The molecule has 0 bridgehead atoms. The van der Waals surface area contributed by atoms with E-state index in [1.807, 2.05) is 6.92 Å². The van der Waals surface area contributed by atoms with Crippen molar-refractivity contribution in [1.29, 1.82) is 0 Å². The van der Waals surface area contributed by atoms with E-state index in [0.29, 0.717) is 0 Å². The molecule has 0 aromatic carbocycles. The van der Waals surface area contributed by atoms with Crippen LogP contribution in [0.1, 0.15) is 46.5 Å². The standard InChI is InChI=1S/C8H18O.C2H7N/c1-3-5-7-9-8-6-4-2;1-2-3/h3-8H2,1-2H3;2-3H2,1H3. The molecule has 2 N–H and O–H groups in total. The number of ether oxygens (including phenoxy) is 1. The van der Waals surface area contributed by atoms with E-state index < -0.39 is 0 Å². The quantitative estimate of drug-likeness (QED) is 0.630. The SMILES string of the molecule is CCCCOCCCC.CCN. The monoisotopic (exact) mass is 175 g/mol. The summed E-state index contributed by atoms with van der Waals surface area (Å²) < 4.78 is 5.31. The summed E-state index contributed by atoms with van der Waals surface area (Å²) in [6.07, 6.45) is 4.91. The summed E-state index contributed by atoms with van der Waals surface area (Å²) in [5.74, 6) is 0. The molecule has 0 rings (SSSR count). The Morgan fingerprint density at radius 2 is 1.25 bits per heavy atom. The van der Waals surface area contributed by atoms with Crippen molar-refractivity contribution in [3.63, 3.8) is 0 Å². The first-order valence-corrected chi connectivity index (χ1v) is 5.11. The van der Waals surface area contributed by atoms with Crippen molar-refractivity contribution in [2.24, 2.45) is 5.73 Å². The predicted molar refractivity (Wildman–Crippen MR) is 55.4 cm³/mol. The predicted octanol–water partition coefficient (Wildman–Crippen LogP) is 2.57. The van der Waals surface area contributed by atoms with Crippen LogP contribution in [0.2, 0.25) is 0 Å². The van der Waals surface area contributed by atoms with Crippen molar-refractivity contribution in [2.45, 2.75) is 46.5 Å². The highest BCUT2D eigenvalue weighted by Crippen LogP contribution is 1.91. The maximum atomic E-state index is 5.31. The Morgan fingerprint density at radius 3 is 1.50 bits per heavy atom. The van der Waals surface area contributed by atoms with Gasteiger partial charge in [-0.3, -0.25) is 0 Å². The largest absolute Gasteiger partial charge is 0.381 e. The first-order chi connectivity index (χ1) is 5.83. The van der Waals surface area contributed by atoms with Crippen LogP contribution in [0.3, 0.4) is 0 Å². The topological polar surface area (TPSA) is 35.2 Å². The van der Waals surface area contributed by atoms with E-state index in [1.165, 1.54) is 25.7 Å². The van der Waals surface area contributed by atoms with Crippen LogP contribution in [0.15, 0.2) is 0 Å². The summed E-state index contributed by atoms with van der Waals surface area (Å²) in [4.78, 5) is 0. The Hall–Kier alpha value is -0.0800. The van der Waals surface area contributed by atoms with Gasteiger partial charge < -0.3 is 10.5 Å². The van der Waals surface area contributed by atoms with E-state index in [2.05, 4.69) is 13.8 Å². The molecular weight excluding hydrogens is 150 g/mol. The molecule has 12 heavy (non-hydrogen) atoms. The first-order valence-electron chi connectivity index (χ1n) is 5.11. The lowest BCUT2D eigenvalue weighted by Crippen LogP contribution is -1.95. The summed E-state index contributed by atoms with van der Waals surface area (Å²) in [6, 6.07) is 0. The highest BCUT2D eigenvalue weighted by atomic mass is 16.5. The van der Waals surface area contributed by atoms with Crippen LogP contribution in [0.5, 0.6) is 0 Å². The highest BCUT2D eigenvalue weighted by molar-refractivity contribution is 4.33. The molecule has 0 heterocycles. The van der Waals surface area contributed by atoms with Crippen molar-refractivity contribution in [3.8, 4) is 0 Å². The van der Waals surface area contributed by atoms with Gasteiger partial charge in [0.25, 0.3) is 0 Å². The van der Waals surface area contributed by atoms with E-state index in [0.717, 1.165) is 19.8 Å². The van der Waals surface area contributed by atoms with E-state index >= 15 is 0 Å². The third kappa shape index (κ3) is 22.5. The van der Waals surface area contributed by atoms with Gasteiger partial charge in [-0.2, -0.15) is 0 Å². The van der Waals surface area contributed by atoms with Crippen LogP contribution in [-0.2, 0) is 4.74 Å². The van der Waals surface area contributed by atoms with Crippen LogP contribution in [0.25, 0.3) is 0 Å². The molecule has 0 saturated heterocycles. The number of unbranched alkanes of at least 4 members (excludes halogenated alkanes) is 2. The second kappa shape index (κ2) is 17.1. The van der Waals surface area contributed by atoms with Crippen LogP contribution in [-0.4, -0.2) is 19.8 Å². The molecule has 0 atom stereocenters. The second-order valence-electron chi connectivity index (χ2n) is 2.73. The normalized spacial score (nSPS) is 9.00. The fourth-order valence-electron chi connectivity index (χ4n) is 0.595. The molecule has 0 aliphatic rings. The van der Waals surface area contributed by atoms with Gasteiger partial charge >= 0.3 is 0 Å². The maximum absolute atomic E-state index is 5.31. The first kappa shape index (κ1) is 14.4. The number of hydrogen-bond acceptors (Lipinski definition) is 2. The Balaban J connectivity index is 0. The lowest BCUT2D eigenvalue weighted by Gasteiger charge is -1.99. The fraction of sp³-hybridized carbons (Fsp3) is 1.00. The fourth-order valence-corrected chi connectivity index (χ4v) is 0.595. The van der Waals surface area contributed by atoms with Gasteiger partial charge in [0.05, 0.1) is 0 Å². The molecule has 0 aliphatic carbocycles. The van der Waals surface area contributed by atoms with Crippen molar-refractivity contribution >= 4 is 0 Å². The molecule has 0 unspecified atom stereocenters. The van der Waals surface area contributed by atoms with E-state index in [9.17, 15) is 0 Å².